The van der Waals surface area contributed by atoms with Crippen LogP contribution in [-0.4, -0.2) is 52.8 Å². The van der Waals surface area contributed by atoms with Crippen LogP contribution in [-0.2, 0) is 4.74 Å². The van der Waals surface area contributed by atoms with Crippen molar-refractivity contribution in [1.29, 1.82) is 0 Å². The molecule has 0 saturated carbocycles. The van der Waals surface area contributed by atoms with E-state index in [0.29, 0.717) is 18.8 Å². The molecule has 1 aliphatic rings. The smallest absolute Gasteiger partial charge is 0.273 e. The average Bonchev–Trinajstić information content (AvgIpc) is 3.05. The first-order chi connectivity index (χ1) is 11.1. The maximum atomic E-state index is 12.7. The van der Waals surface area contributed by atoms with Gasteiger partial charge in [-0.3, -0.25) is 4.79 Å². The van der Waals surface area contributed by atoms with Crippen LogP contribution in [0.3, 0.4) is 0 Å². The Morgan fingerprint density at radius 2 is 2.26 bits per heavy atom. The number of aliphatic hydroxyl groups is 1. The zero-order chi connectivity index (χ0) is 16.4. The van der Waals surface area contributed by atoms with Gasteiger partial charge in [-0.25, -0.2) is 4.98 Å². The molecular weight excluding hydrogens is 312 g/mol. The molecule has 1 aliphatic heterocycles. The quantitative estimate of drug-likeness (QED) is 0.937. The summed E-state index contributed by atoms with van der Waals surface area (Å²) in [5, 5.41) is 11.9. The maximum absolute atomic E-state index is 12.7. The number of aromatic nitrogens is 1. The number of benzene rings is 1. The van der Waals surface area contributed by atoms with Gasteiger partial charge in [0.1, 0.15) is 10.7 Å². The third-order valence-corrected chi connectivity index (χ3v) is 4.94. The number of rotatable bonds is 3. The lowest BCUT2D eigenvalue weighted by Gasteiger charge is -2.37. The molecule has 2 heterocycles. The van der Waals surface area contributed by atoms with E-state index in [1.165, 1.54) is 11.3 Å². The van der Waals surface area contributed by atoms with Crippen LogP contribution in [0.1, 0.15) is 23.0 Å². The number of thiazole rings is 1. The molecule has 1 saturated heterocycles. The summed E-state index contributed by atoms with van der Waals surface area (Å²) in [7, 11) is 0. The van der Waals surface area contributed by atoms with Crippen LogP contribution in [0.15, 0.2) is 29.6 Å². The van der Waals surface area contributed by atoms with Gasteiger partial charge in [-0.15, -0.1) is 11.3 Å². The highest BCUT2D eigenvalue weighted by molar-refractivity contribution is 7.13. The third kappa shape index (κ3) is 3.29. The molecule has 5 nitrogen and oxygen atoms in total. The lowest BCUT2D eigenvalue weighted by molar-refractivity contribution is -0.0668. The minimum absolute atomic E-state index is 0.0195. The molecular formula is C17H20N2O3S. The highest BCUT2D eigenvalue weighted by Crippen LogP contribution is 2.27. The number of hydrogen-bond acceptors (Lipinski definition) is 5. The number of aryl methyl sites for hydroxylation is 1. The number of carbonyl (C=O) groups excluding carboxylic acids is 1. The fourth-order valence-corrected chi connectivity index (χ4v) is 3.55. The molecule has 0 radical (unpaired) electrons. The third-order valence-electron chi connectivity index (χ3n) is 4.07. The first-order valence-corrected chi connectivity index (χ1v) is 8.53. The zero-order valence-corrected chi connectivity index (χ0v) is 14.0. The molecule has 3 rings (SSSR count). The molecule has 0 spiro atoms. The first-order valence-electron chi connectivity index (χ1n) is 7.65. The fraction of sp³-hybridized carbons (Fsp3) is 0.412. The molecule has 0 aliphatic carbocycles. The normalized spacial score (nSPS) is 21.4. The molecule has 2 atom stereocenters. The number of nitrogens with zero attached hydrogens (tertiary/aromatic N) is 2. The second-order valence-corrected chi connectivity index (χ2v) is 6.66. The van der Waals surface area contributed by atoms with E-state index in [9.17, 15) is 9.90 Å². The van der Waals surface area contributed by atoms with Crippen LogP contribution >= 0.6 is 11.3 Å². The van der Waals surface area contributed by atoms with Crippen molar-refractivity contribution >= 4 is 17.2 Å². The molecule has 2 aromatic rings. The average molecular weight is 332 g/mol. The predicted molar refractivity (Wildman–Crippen MR) is 89.6 cm³/mol. The number of hydrogen-bond donors (Lipinski definition) is 1. The molecule has 1 N–H and O–H groups in total. The summed E-state index contributed by atoms with van der Waals surface area (Å²) in [6, 6.07) is 7.99. The monoisotopic (exact) mass is 332 g/mol. The van der Waals surface area contributed by atoms with E-state index in [4.69, 9.17) is 4.74 Å². The number of ether oxygens (including phenoxy) is 1. The summed E-state index contributed by atoms with van der Waals surface area (Å²) < 4.78 is 5.48. The number of aliphatic hydroxyl groups excluding tert-OH is 1. The van der Waals surface area contributed by atoms with Crippen molar-refractivity contribution in [3.05, 3.63) is 40.9 Å². The lowest BCUT2D eigenvalue weighted by atomic mass is 10.1. The first kappa shape index (κ1) is 16.1. The van der Waals surface area contributed by atoms with E-state index in [1.807, 2.05) is 38.1 Å². The second-order valence-electron chi connectivity index (χ2n) is 5.80. The van der Waals surface area contributed by atoms with Crippen LogP contribution in [0.4, 0.5) is 0 Å². The van der Waals surface area contributed by atoms with Gasteiger partial charge in [0.05, 0.1) is 25.4 Å². The fourth-order valence-electron chi connectivity index (χ4n) is 2.67. The van der Waals surface area contributed by atoms with E-state index in [-0.39, 0.29) is 24.7 Å². The van der Waals surface area contributed by atoms with Crippen molar-refractivity contribution in [3.63, 3.8) is 0 Å². The minimum atomic E-state index is -0.315. The van der Waals surface area contributed by atoms with Gasteiger partial charge in [-0.05, 0) is 19.4 Å². The van der Waals surface area contributed by atoms with Crippen molar-refractivity contribution in [1.82, 2.24) is 9.88 Å². The van der Waals surface area contributed by atoms with Gasteiger partial charge < -0.3 is 14.7 Å². The molecule has 122 valence electrons. The molecule has 2 unspecified atom stereocenters. The second kappa shape index (κ2) is 6.78. The topological polar surface area (TPSA) is 62.7 Å². The summed E-state index contributed by atoms with van der Waals surface area (Å²) in [5.41, 5.74) is 2.65. The van der Waals surface area contributed by atoms with Crippen molar-refractivity contribution < 1.29 is 14.6 Å². The van der Waals surface area contributed by atoms with Crippen molar-refractivity contribution in [2.75, 3.05) is 19.8 Å². The number of amides is 1. The highest BCUT2D eigenvalue weighted by atomic mass is 32.1. The summed E-state index contributed by atoms with van der Waals surface area (Å²) in [6.45, 7) is 4.73. The molecule has 1 aromatic heterocycles. The van der Waals surface area contributed by atoms with Gasteiger partial charge in [-0.1, -0.05) is 24.3 Å². The van der Waals surface area contributed by atoms with Crippen LogP contribution in [0.5, 0.6) is 0 Å². The Bertz CT molecular complexity index is 701. The highest BCUT2D eigenvalue weighted by Gasteiger charge is 2.31. The molecule has 0 bridgehead atoms. The van der Waals surface area contributed by atoms with E-state index >= 15 is 0 Å². The van der Waals surface area contributed by atoms with Gasteiger partial charge in [0.25, 0.3) is 5.91 Å². The van der Waals surface area contributed by atoms with Crippen LogP contribution in [0.25, 0.3) is 10.6 Å². The molecule has 6 heteroatoms. The summed E-state index contributed by atoms with van der Waals surface area (Å²) in [6.07, 6.45) is -0.315. The summed E-state index contributed by atoms with van der Waals surface area (Å²) >= 11 is 1.48. The Hall–Kier alpha value is -1.76. The van der Waals surface area contributed by atoms with Gasteiger partial charge >= 0.3 is 0 Å². The lowest BCUT2D eigenvalue weighted by Crippen LogP contribution is -2.52. The number of morpholine rings is 1. The van der Waals surface area contributed by atoms with Crippen molar-refractivity contribution in [2.24, 2.45) is 0 Å². The SMILES string of the molecule is Cc1ccccc1-c1nc(C(=O)N2CC(CO)OCC2C)cs1. The van der Waals surface area contributed by atoms with E-state index in [2.05, 4.69) is 4.98 Å². The molecule has 1 amide bonds. The van der Waals surface area contributed by atoms with Crippen LogP contribution < -0.4 is 0 Å². The van der Waals surface area contributed by atoms with E-state index in [1.54, 1.807) is 10.3 Å². The van der Waals surface area contributed by atoms with Crippen LogP contribution in [0.2, 0.25) is 0 Å². The Balaban J connectivity index is 1.82. The predicted octanol–water partition coefficient (Wildman–Crippen LogP) is 2.34. The minimum Gasteiger partial charge on any atom is -0.394 e. The Kier molecular flexibility index (Phi) is 4.75. The van der Waals surface area contributed by atoms with Crippen molar-refractivity contribution in [3.8, 4) is 10.6 Å². The summed E-state index contributed by atoms with van der Waals surface area (Å²) in [5.74, 6) is -0.102. The largest absolute Gasteiger partial charge is 0.394 e. The van der Waals surface area contributed by atoms with Crippen molar-refractivity contribution in [2.45, 2.75) is 26.0 Å². The number of carbonyl (C=O) groups is 1. The zero-order valence-electron chi connectivity index (χ0n) is 13.2. The Morgan fingerprint density at radius 1 is 1.48 bits per heavy atom. The molecule has 23 heavy (non-hydrogen) atoms. The van der Waals surface area contributed by atoms with Gasteiger partial charge in [-0.2, -0.15) is 0 Å². The van der Waals surface area contributed by atoms with Crippen LogP contribution in [0, 0.1) is 6.92 Å². The van der Waals surface area contributed by atoms with Gasteiger partial charge in [0.2, 0.25) is 0 Å². The summed E-state index contributed by atoms with van der Waals surface area (Å²) in [4.78, 5) is 19.0. The molecule has 1 fully saturated rings. The van der Waals surface area contributed by atoms with E-state index in [0.717, 1.165) is 16.1 Å². The molecule has 1 aromatic carbocycles. The Labute approximate surface area is 139 Å². The Morgan fingerprint density at radius 3 is 3.00 bits per heavy atom. The van der Waals surface area contributed by atoms with Gasteiger partial charge in [0.15, 0.2) is 0 Å². The van der Waals surface area contributed by atoms with E-state index < -0.39 is 0 Å². The standard InChI is InChI=1S/C17H20N2O3S/c1-11-5-3-4-6-14(11)16-18-15(10-23-16)17(21)19-7-13(8-20)22-9-12(19)2/h3-6,10,12-13,20H,7-9H2,1-2H3. The maximum Gasteiger partial charge on any atom is 0.273 e. The van der Waals surface area contributed by atoms with Gasteiger partial charge in [0, 0.05) is 17.5 Å².